The molecule has 0 atom stereocenters. The van der Waals surface area contributed by atoms with Crippen molar-refractivity contribution in [1.29, 1.82) is 0 Å². The molecule has 0 fully saturated rings. The molecule has 7 heteroatoms. The number of nitrogens with one attached hydrogen (secondary N) is 1. The van der Waals surface area contributed by atoms with Gasteiger partial charge in [0.05, 0.1) is 12.8 Å². The van der Waals surface area contributed by atoms with E-state index < -0.39 is 5.91 Å². The third-order valence-corrected chi connectivity index (χ3v) is 5.13. The fourth-order valence-electron chi connectivity index (χ4n) is 3.31. The lowest BCUT2D eigenvalue weighted by molar-refractivity contribution is -0.125. The largest absolute Gasteiger partial charge is 0.497 e. The number of carbonyl (C=O) groups excluding carboxylic acids is 2. The number of hydrogen-bond acceptors (Lipinski definition) is 5. The second-order valence-corrected chi connectivity index (χ2v) is 7.08. The molecule has 162 valence electrons. The first-order valence-electron chi connectivity index (χ1n) is 10.1. The molecule has 7 nitrogen and oxygen atoms in total. The minimum atomic E-state index is -0.451. The Morgan fingerprint density at radius 2 is 1.90 bits per heavy atom. The summed E-state index contributed by atoms with van der Waals surface area (Å²) in [6.07, 6.45) is 1.61. The van der Waals surface area contributed by atoms with E-state index in [0.29, 0.717) is 35.5 Å². The summed E-state index contributed by atoms with van der Waals surface area (Å²) in [6.45, 7) is 7.06. The number of anilines is 2. The number of nitrogens with zero attached hydrogens (tertiary/aromatic N) is 1. The number of fused-ring (bicyclic) bond motifs is 1. The Kier molecular flexibility index (Phi) is 6.65. The number of ether oxygens (including phenoxy) is 1. The Morgan fingerprint density at radius 1 is 1.16 bits per heavy atom. The van der Waals surface area contributed by atoms with Crippen LogP contribution < -0.4 is 15.8 Å². The number of nitrogen functional groups attached to an aromatic ring is 1. The lowest BCUT2D eigenvalue weighted by Crippen LogP contribution is -2.28. The van der Waals surface area contributed by atoms with Gasteiger partial charge in [-0.25, -0.2) is 0 Å². The van der Waals surface area contributed by atoms with Gasteiger partial charge in [-0.2, -0.15) is 0 Å². The number of amides is 2. The fraction of sp³-hybridized carbons (Fsp3) is 0.250. The van der Waals surface area contributed by atoms with Crippen LogP contribution in [0.1, 0.15) is 36.9 Å². The number of allylic oxidation sites excluding steroid dienone is 1. The van der Waals surface area contributed by atoms with Crippen LogP contribution in [0.25, 0.3) is 16.5 Å². The summed E-state index contributed by atoms with van der Waals surface area (Å²) in [7, 11) is 1.56. The molecule has 1 heterocycles. The summed E-state index contributed by atoms with van der Waals surface area (Å²) >= 11 is 0. The molecule has 0 aliphatic rings. The summed E-state index contributed by atoms with van der Waals surface area (Å²) < 4.78 is 10.9. The molecule has 0 saturated heterocycles. The van der Waals surface area contributed by atoms with Gasteiger partial charge >= 0.3 is 0 Å². The van der Waals surface area contributed by atoms with E-state index in [2.05, 4.69) is 5.32 Å². The summed E-state index contributed by atoms with van der Waals surface area (Å²) in [5.41, 5.74) is 9.20. The van der Waals surface area contributed by atoms with Crippen LogP contribution in [0.4, 0.5) is 11.4 Å². The standard InChI is InChI=1S/C24H27N3O4/c1-5-27(6-2)21(28)12-15(3)16-10-11-20-19(13-16)22(25)23(31-20)24(29)26-17-8-7-9-18(14-17)30-4/h7-14H,5-6,25H2,1-4H3,(H,26,29)/b15-12+. The Hall–Kier alpha value is -3.74. The topological polar surface area (TPSA) is 97.8 Å². The fourth-order valence-corrected chi connectivity index (χ4v) is 3.31. The van der Waals surface area contributed by atoms with Crippen molar-refractivity contribution in [2.45, 2.75) is 20.8 Å². The molecule has 0 unspecified atom stereocenters. The van der Waals surface area contributed by atoms with Crippen LogP contribution in [0, 0.1) is 0 Å². The van der Waals surface area contributed by atoms with E-state index in [1.54, 1.807) is 48.4 Å². The maximum Gasteiger partial charge on any atom is 0.293 e. The van der Waals surface area contributed by atoms with Crippen LogP contribution in [-0.2, 0) is 4.79 Å². The maximum atomic E-state index is 12.7. The predicted octanol–water partition coefficient (Wildman–Crippen LogP) is 4.55. The van der Waals surface area contributed by atoms with Crippen LogP contribution in [0.3, 0.4) is 0 Å². The van der Waals surface area contributed by atoms with Gasteiger partial charge in [0, 0.05) is 36.3 Å². The van der Waals surface area contributed by atoms with E-state index >= 15 is 0 Å². The van der Waals surface area contributed by atoms with Crippen molar-refractivity contribution < 1.29 is 18.7 Å². The first kappa shape index (κ1) is 22.0. The number of rotatable bonds is 7. The van der Waals surface area contributed by atoms with Gasteiger partial charge in [-0.05, 0) is 56.2 Å². The Labute approximate surface area is 181 Å². The predicted molar refractivity (Wildman–Crippen MR) is 123 cm³/mol. The monoisotopic (exact) mass is 421 g/mol. The number of furan rings is 1. The summed E-state index contributed by atoms with van der Waals surface area (Å²) in [5.74, 6) is 0.172. The molecule has 3 aromatic rings. The Bertz CT molecular complexity index is 1140. The highest BCUT2D eigenvalue weighted by molar-refractivity contribution is 6.11. The molecule has 0 saturated carbocycles. The third-order valence-electron chi connectivity index (χ3n) is 5.13. The molecular weight excluding hydrogens is 394 g/mol. The van der Waals surface area contributed by atoms with Crippen molar-refractivity contribution in [2.75, 3.05) is 31.2 Å². The van der Waals surface area contributed by atoms with Gasteiger partial charge in [-0.3, -0.25) is 9.59 Å². The molecule has 2 amide bonds. The van der Waals surface area contributed by atoms with Gasteiger partial charge in [-0.15, -0.1) is 0 Å². The lowest BCUT2D eigenvalue weighted by Gasteiger charge is -2.16. The maximum absolute atomic E-state index is 12.7. The number of nitrogens with two attached hydrogens (primary N) is 1. The molecule has 1 aromatic heterocycles. The molecule has 3 rings (SSSR count). The highest BCUT2D eigenvalue weighted by Crippen LogP contribution is 2.31. The van der Waals surface area contributed by atoms with E-state index in [9.17, 15) is 9.59 Å². The normalized spacial score (nSPS) is 11.4. The summed E-state index contributed by atoms with van der Waals surface area (Å²) in [5, 5.41) is 3.39. The van der Waals surface area contributed by atoms with Crippen molar-refractivity contribution >= 4 is 39.7 Å². The van der Waals surface area contributed by atoms with E-state index in [0.717, 1.165) is 11.1 Å². The van der Waals surface area contributed by atoms with Gasteiger partial charge in [0.1, 0.15) is 11.3 Å². The molecule has 0 bridgehead atoms. The minimum absolute atomic E-state index is 0.0378. The van der Waals surface area contributed by atoms with Gasteiger partial charge < -0.3 is 25.1 Å². The molecule has 0 spiro atoms. The highest BCUT2D eigenvalue weighted by Gasteiger charge is 2.19. The number of carbonyl (C=O) groups is 2. The summed E-state index contributed by atoms with van der Waals surface area (Å²) in [6, 6.07) is 12.4. The van der Waals surface area contributed by atoms with Gasteiger partial charge in [0.2, 0.25) is 11.7 Å². The minimum Gasteiger partial charge on any atom is -0.497 e. The average molecular weight is 421 g/mol. The second-order valence-electron chi connectivity index (χ2n) is 7.08. The van der Waals surface area contributed by atoms with E-state index in [-0.39, 0.29) is 17.4 Å². The lowest BCUT2D eigenvalue weighted by atomic mass is 10.0. The van der Waals surface area contributed by atoms with Gasteiger partial charge in [0.25, 0.3) is 5.91 Å². The van der Waals surface area contributed by atoms with Crippen molar-refractivity contribution in [2.24, 2.45) is 0 Å². The van der Waals surface area contributed by atoms with Crippen molar-refractivity contribution in [3.8, 4) is 5.75 Å². The quantitative estimate of drug-likeness (QED) is 0.546. The number of methoxy groups -OCH3 is 1. The molecule has 0 aliphatic heterocycles. The third kappa shape index (κ3) is 4.71. The van der Waals surface area contributed by atoms with Crippen LogP contribution >= 0.6 is 0 Å². The van der Waals surface area contributed by atoms with Crippen LogP contribution in [0.2, 0.25) is 0 Å². The van der Waals surface area contributed by atoms with Crippen molar-refractivity contribution in [1.82, 2.24) is 4.90 Å². The second kappa shape index (κ2) is 9.38. The number of hydrogen-bond donors (Lipinski definition) is 2. The van der Waals surface area contributed by atoms with E-state index in [4.69, 9.17) is 14.9 Å². The molecule has 3 N–H and O–H groups in total. The molecule has 0 radical (unpaired) electrons. The zero-order chi connectivity index (χ0) is 22.5. The van der Waals surface area contributed by atoms with Gasteiger partial charge in [0.15, 0.2) is 0 Å². The van der Waals surface area contributed by atoms with Gasteiger partial charge in [-0.1, -0.05) is 12.1 Å². The van der Waals surface area contributed by atoms with E-state index in [1.165, 1.54) is 0 Å². The van der Waals surface area contributed by atoms with Crippen LogP contribution in [0.15, 0.2) is 53.0 Å². The smallest absolute Gasteiger partial charge is 0.293 e. The average Bonchev–Trinajstić information content (AvgIpc) is 3.10. The zero-order valence-electron chi connectivity index (χ0n) is 18.2. The van der Waals surface area contributed by atoms with Crippen molar-refractivity contribution in [3.63, 3.8) is 0 Å². The molecule has 0 aliphatic carbocycles. The summed E-state index contributed by atoms with van der Waals surface area (Å²) in [4.78, 5) is 26.8. The van der Waals surface area contributed by atoms with Crippen LogP contribution in [0.5, 0.6) is 5.75 Å². The van der Waals surface area contributed by atoms with E-state index in [1.807, 2.05) is 32.9 Å². The SMILES string of the molecule is CCN(CC)C(=O)/C=C(\C)c1ccc2oc(C(=O)Nc3cccc(OC)c3)c(N)c2c1. The molecule has 31 heavy (non-hydrogen) atoms. The van der Waals surface area contributed by atoms with Crippen LogP contribution in [-0.4, -0.2) is 36.9 Å². The van der Waals surface area contributed by atoms with Crippen molar-refractivity contribution in [3.05, 3.63) is 59.9 Å². The number of benzene rings is 2. The first-order chi connectivity index (χ1) is 14.9. The Balaban J connectivity index is 1.88. The molecule has 2 aromatic carbocycles. The zero-order valence-corrected chi connectivity index (χ0v) is 18.2. The molecular formula is C24H27N3O4. The Morgan fingerprint density at radius 3 is 2.58 bits per heavy atom. The highest BCUT2D eigenvalue weighted by atomic mass is 16.5. The first-order valence-corrected chi connectivity index (χ1v) is 10.1. The number of likely N-dealkylation sites (N-methyl/N-ethyl adjacent to an activating group) is 1.